The Balaban J connectivity index is 0.00000200. The fourth-order valence-corrected chi connectivity index (χ4v) is 2.02. The predicted octanol–water partition coefficient (Wildman–Crippen LogP) is 2.60. The number of aromatic nitrogens is 2. The zero-order valence-corrected chi connectivity index (χ0v) is 12.8. The van der Waals surface area contributed by atoms with Crippen LogP contribution in [0.4, 0.5) is 11.4 Å². The van der Waals surface area contributed by atoms with Crippen LogP contribution in [0.1, 0.15) is 27.3 Å². The molecular formula is C14H19ClN4O. The first kappa shape index (κ1) is 16.0. The molecule has 0 saturated carbocycles. The predicted molar refractivity (Wildman–Crippen MR) is 83.5 cm³/mol. The van der Waals surface area contributed by atoms with E-state index in [1.807, 2.05) is 33.9 Å². The molecule has 1 amide bonds. The molecule has 1 heterocycles. The molecule has 0 spiro atoms. The van der Waals surface area contributed by atoms with Gasteiger partial charge in [0.2, 0.25) is 0 Å². The second-order valence-corrected chi connectivity index (χ2v) is 4.70. The molecule has 6 heteroatoms. The summed E-state index contributed by atoms with van der Waals surface area (Å²) in [5, 5.41) is 7.18. The van der Waals surface area contributed by atoms with Crippen LogP contribution in [-0.2, 0) is 7.05 Å². The van der Waals surface area contributed by atoms with Crippen LogP contribution < -0.4 is 11.1 Å². The Labute approximate surface area is 124 Å². The van der Waals surface area contributed by atoms with Gasteiger partial charge < -0.3 is 11.1 Å². The fraction of sp³-hybridized carbons (Fsp3) is 0.286. The molecule has 0 radical (unpaired) electrons. The van der Waals surface area contributed by atoms with Crippen LogP contribution >= 0.6 is 12.4 Å². The Morgan fingerprint density at radius 2 is 1.95 bits per heavy atom. The number of anilines is 2. The highest BCUT2D eigenvalue weighted by Gasteiger charge is 2.15. The molecule has 5 nitrogen and oxygen atoms in total. The zero-order chi connectivity index (χ0) is 14.2. The summed E-state index contributed by atoms with van der Waals surface area (Å²) < 4.78 is 1.75. The molecule has 0 aliphatic heterocycles. The quantitative estimate of drug-likeness (QED) is 0.836. The van der Waals surface area contributed by atoms with Crippen molar-refractivity contribution in [2.24, 2.45) is 7.05 Å². The van der Waals surface area contributed by atoms with Crippen molar-refractivity contribution in [3.8, 4) is 0 Å². The Kier molecular flexibility index (Phi) is 4.78. The first-order chi connectivity index (χ1) is 8.90. The van der Waals surface area contributed by atoms with Gasteiger partial charge in [0.15, 0.2) is 0 Å². The zero-order valence-electron chi connectivity index (χ0n) is 12.0. The molecule has 2 aromatic rings. The minimum atomic E-state index is -0.163. The largest absolute Gasteiger partial charge is 0.399 e. The maximum absolute atomic E-state index is 12.3. The van der Waals surface area contributed by atoms with Crippen LogP contribution in [0.25, 0.3) is 0 Å². The van der Waals surface area contributed by atoms with Crippen molar-refractivity contribution in [1.29, 1.82) is 0 Å². The molecule has 108 valence electrons. The maximum atomic E-state index is 12.3. The second kappa shape index (κ2) is 5.96. The van der Waals surface area contributed by atoms with Crippen molar-refractivity contribution in [1.82, 2.24) is 9.78 Å². The number of benzene rings is 1. The normalized spacial score (nSPS) is 10.0. The number of nitrogens with zero attached hydrogens (tertiary/aromatic N) is 2. The lowest BCUT2D eigenvalue weighted by Gasteiger charge is -2.09. The van der Waals surface area contributed by atoms with E-state index in [1.54, 1.807) is 16.8 Å². The molecule has 0 bridgehead atoms. The number of carbonyl (C=O) groups is 1. The third kappa shape index (κ3) is 2.93. The van der Waals surface area contributed by atoms with Crippen molar-refractivity contribution in [3.63, 3.8) is 0 Å². The number of hydrogen-bond donors (Lipinski definition) is 2. The number of aryl methyl sites for hydroxylation is 3. The Hall–Kier alpha value is -2.01. The minimum Gasteiger partial charge on any atom is -0.399 e. The van der Waals surface area contributed by atoms with Crippen LogP contribution in [0.5, 0.6) is 0 Å². The van der Waals surface area contributed by atoms with Gasteiger partial charge in [0.05, 0.1) is 17.1 Å². The fourth-order valence-electron chi connectivity index (χ4n) is 2.02. The average Bonchev–Trinajstić information content (AvgIpc) is 2.59. The van der Waals surface area contributed by atoms with Crippen LogP contribution in [0, 0.1) is 20.8 Å². The van der Waals surface area contributed by atoms with E-state index >= 15 is 0 Å². The number of nitrogens with two attached hydrogens (primary N) is 1. The lowest BCUT2D eigenvalue weighted by atomic mass is 10.1. The van der Waals surface area contributed by atoms with E-state index in [0.717, 1.165) is 22.6 Å². The Bertz CT molecular complexity index is 649. The minimum absolute atomic E-state index is 0. The van der Waals surface area contributed by atoms with Gasteiger partial charge in [0, 0.05) is 18.3 Å². The van der Waals surface area contributed by atoms with Gasteiger partial charge in [-0.25, -0.2) is 0 Å². The van der Waals surface area contributed by atoms with Crippen molar-refractivity contribution in [2.45, 2.75) is 20.8 Å². The molecule has 0 unspecified atom stereocenters. The lowest BCUT2D eigenvalue weighted by molar-refractivity contribution is 0.102. The van der Waals surface area contributed by atoms with Crippen LogP contribution in [-0.4, -0.2) is 15.7 Å². The molecule has 20 heavy (non-hydrogen) atoms. The van der Waals surface area contributed by atoms with Crippen molar-refractivity contribution in [2.75, 3.05) is 11.1 Å². The van der Waals surface area contributed by atoms with Crippen molar-refractivity contribution < 1.29 is 4.79 Å². The second-order valence-electron chi connectivity index (χ2n) is 4.70. The molecule has 0 fully saturated rings. The number of amides is 1. The number of nitrogen functional groups attached to an aromatic ring is 1. The molecule has 0 saturated heterocycles. The number of hydrogen-bond acceptors (Lipinski definition) is 3. The number of carbonyl (C=O) groups excluding carboxylic acids is 1. The van der Waals surface area contributed by atoms with Crippen LogP contribution in [0.15, 0.2) is 18.2 Å². The summed E-state index contributed by atoms with van der Waals surface area (Å²) in [6.07, 6.45) is 0. The molecule has 0 atom stereocenters. The summed E-state index contributed by atoms with van der Waals surface area (Å²) in [4.78, 5) is 12.3. The highest BCUT2D eigenvalue weighted by Crippen LogP contribution is 2.21. The van der Waals surface area contributed by atoms with E-state index in [-0.39, 0.29) is 18.3 Å². The molecule has 2 rings (SSSR count). The summed E-state index contributed by atoms with van der Waals surface area (Å²) in [6, 6.07) is 5.31. The first-order valence-corrected chi connectivity index (χ1v) is 6.08. The van der Waals surface area contributed by atoms with Gasteiger partial charge >= 0.3 is 0 Å². The van der Waals surface area contributed by atoms with Gasteiger partial charge in [-0.2, -0.15) is 5.10 Å². The molecule has 3 N–H and O–H groups in total. The van der Waals surface area contributed by atoms with Gasteiger partial charge in [-0.15, -0.1) is 12.4 Å². The molecule has 0 aliphatic rings. The van der Waals surface area contributed by atoms with E-state index in [1.165, 1.54) is 0 Å². The SMILES string of the molecule is Cc1ccc(N)cc1C(=O)Nc1c(C)nn(C)c1C.Cl. The van der Waals surface area contributed by atoms with Crippen LogP contribution in [0.2, 0.25) is 0 Å². The summed E-state index contributed by atoms with van der Waals surface area (Å²) in [7, 11) is 1.85. The lowest BCUT2D eigenvalue weighted by Crippen LogP contribution is -2.15. The van der Waals surface area contributed by atoms with Crippen molar-refractivity contribution >= 4 is 29.7 Å². The van der Waals surface area contributed by atoms with Crippen molar-refractivity contribution in [3.05, 3.63) is 40.7 Å². The Morgan fingerprint density at radius 3 is 2.50 bits per heavy atom. The smallest absolute Gasteiger partial charge is 0.256 e. The van der Waals surface area contributed by atoms with E-state index < -0.39 is 0 Å². The third-order valence-electron chi connectivity index (χ3n) is 3.25. The van der Waals surface area contributed by atoms with Gasteiger partial charge in [-0.1, -0.05) is 6.07 Å². The van der Waals surface area contributed by atoms with E-state index in [4.69, 9.17) is 5.73 Å². The standard InChI is InChI=1S/C14H18N4O.ClH/c1-8-5-6-11(15)7-12(8)14(19)16-13-9(2)17-18(4)10(13)3;/h5-7H,15H2,1-4H3,(H,16,19);1H. The van der Waals surface area contributed by atoms with E-state index in [2.05, 4.69) is 10.4 Å². The van der Waals surface area contributed by atoms with Gasteiger partial charge in [0.1, 0.15) is 0 Å². The van der Waals surface area contributed by atoms with E-state index in [9.17, 15) is 4.79 Å². The summed E-state index contributed by atoms with van der Waals surface area (Å²) >= 11 is 0. The maximum Gasteiger partial charge on any atom is 0.256 e. The average molecular weight is 295 g/mol. The van der Waals surface area contributed by atoms with Gasteiger partial charge in [-0.3, -0.25) is 9.48 Å². The van der Waals surface area contributed by atoms with Crippen LogP contribution in [0.3, 0.4) is 0 Å². The monoisotopic (exact) mass is 294 g/mol. The number of rotatable bonds is 2. The first-order valence-electron chi connectivity index (χ1n) is 6.08. The molecule has 1 aromatic carbocycles. The summed E-state index contributed by atoms with van der Waals surface area (Å²) in [5.41, 5.74) is 10.3. The topological polar surface area (TPSA) is 72.9 Å². The summed E-state index contributed by atoms with van der Waals surface area (Å²) in [5.74, 6) is -0.163. The highest BCUT2D eigenvalue weighted by molar-refractivity contribution is 6.06. The highest BCUT2D eigenvalue weighted by atomic mass is 35.5. The van der Waals surface area contributed by atoms with E-state index in [0.29, 0.717) is 11.3 Å². The third-order valence-corrected chi connectivity index (χ3v) is 3.25. The Morgan fingerprint density at radius 1 is 1.30 bits per heavy atom. The molecule has 0 aliphatic carbocycles. The van der Waals surface area contributed by atoms with Gasteiger partial charge in [-0.05, 0) is 38.5 Å². The van der Waals surface area contributed by atoms with Gasteiger partial charge in [0.25, 0.3) is 5.91 Å². The molecule has 1 aromatic heterocycles. The number of nitrogens with one attached hydrogen (secondary N) is 1. The molecular weight excluding hydrogens is 276 g/mol. The summed E-state index contributed by atoms with van der Waals surface area (Å²) in [6.45, 7) is 5.67. The number of halogens is 1.